The quantitative estimate of drug-likeness (QED) is 0.650. The van der Waals surface area contributed by atoms with E-state index in [2.05, 4.69) is 4.98 Å². The number of hydrogen-bond acceptors (Lipinski definition) is 5. The van der Waals surface area contributed by atoms with Gasteiger partial charge in [0.25, 0.3) is 11.8 Å². The SMILES string of the molecule is O=C(c1ccc(F)cn1)N1C[C@@H]2COC[C@H](C1)N(C(=O)c1cc3ccccc3o1)C2. The number of carbonyl (C=O) groups is 2. The lowest BCUT2D eigenvalue weighted by Gasteiger charge is -2.30. The van der Waals surface area contributed by atoms with Crippen molar-refractivity contribution in [1.82, 2.24) is 14.8 Å². The second-order valence-electron chi connectivity index (χ2n) is 7.74. The van der Waals surface area contributed by atoms with Crippen LogP contribution in [0, 0.1) is 11.7 Å². The average molecular weight is 409 g/mol. The minimum absolute atomic E-state index is 0.0322. The van der Waals surface area contributed by atoms with Crippen LogP contribution < -0.4 is 0 Å². The molecule has 154 valence electrons. The van der Waals surface area contributed by atoms with Crippen LogP contribution in [0.2, 0.25) is 0 Å². The molecule has 4 heterocycles. The van der Waals surface area contributed by atoms with E-state index in [1.165, 1.54) is 12.1 Å². The molecule has 0 unspecified atom stereocenters. The van der Waals surface area contributed by atoms with Crippen molar-refractivity contribution < 1.29 is 23.1 Å². The molecule has 5 rings (SSSR count). The maximum absolute atomic E-state index is 13.3. The van der Waals surface area contributed by atoms with E-state index in [0.717, 1.165) is 11.6 Å². The van der Waals surface area contributed by atoms with Crippen LogP contribution in [0.4, 0.5) is 4.39 Å². The molecule has 2 aliphatic rings. The Labute approximate surface area is 172 Å². The smallest absolute Gasteiger partial charge is 0.290 e. The Hall–Kier alpha value is -3.26. The molecule has 2 fully saturated rings. The van der Waals surface area contributed by atoms with Crippen LogP contribution in [0.25, 0.3) is 11.0 Å². The van der Waals surface area contributed by atoms with Gasteiger partial charge < -0.3 is 19.0 Å². The second-order valence-corrected chi connectivity index (χ2v) is 7.74. The number of nitrogens with zero attached hydrogens (tertiary/aromatic N) is 3. The first-order valence-electron chi connectivity index (χ1n) is 9.86. The number of ether oxygens (including phenoxy) is 1. The van der Waals surface area contributed by atoms with Crippen molar-refractivity contribution in [3.8, 4) is 0 Å². The summed E-state index contributed by atoms with van der Waals surface area (Å²) in [5.41, 5.74) is 0.849. The van der Waals surface area contributed by atoms with Crippen LogP contribution in [-0.2, 0) is 4.74 Å². The molecule has 0 saturated carbocycles. The molecule has 30 heavy (non-hydrogen) atoms. The van der Waals surface area contributed by atoms with Gasteiger partial charge in [0.1, 0.15) is 17.1 Å². The molecule has 2 saturated heterocycles. The van der Waals surface area contributed by atoms with Crippen molar-refractivity contribution in [2.45, 2.75) is 6.04 Å². The molecule has 3 aromatic rings. The number of carbonyl (C=O) groups excluding carboxylic acids is 2. The van der Waals surface area contributed by atoms with Crippen LogP contribution in [-0.4, -0.2) is 65.5 Å². The first-order valence-corrected chi connectivity index (χ1v) is 9.86. The average Bonchev–Trinajstić information content (AvgIpc) is 2.96. The summed E-state index contributed by atoms with van der Waals surface area (Å²) in [6.45, 7) is 2.03. The summed E-state index contributed by atoms with van der Waals surface area (Å²) in [5.74, 6) is -0.724. The van der Waals surface area contributed by atoms with Gasteiger partial charge in [-0.15, -0.1) is 0 Å². The number of para-hydroxylation sites is 1. The zero-order chi connectivity index (χ0) is 20.7. The third-order valence-corrected chi connectivity index (χ3v) is 5.60. The molecule has 0 radical (unpaired) electrons. The van der Waals surface area contributed by atoms with Crippen LogP contribution >= 0.6 is 0 Å². The van der Waals surface area contributed by atoms with Gasteiger partial charge in [-0.2, -0.15) is 0 Å². The molecule has 0 aliphatic carbocycles. The van der Waals surface area contributed by atoms with Gasteiger partial charge in [-0.25, -0.2) is 9.37 Å². The van der Waals surface area contributed by atoms with Gasteiger partial charge in [-0.05, 0) is 24.3 Å². The summed E-state index contributed by atoms with van der Waals surface area (Å²) in [7, 11) is 0. The molecule has 8 heteroatoms. The lowest BCUT2D eigenvalue weighted by Crippen LogP contribution is -2.47. The maximum Gasteiger partial charge on any atom is 0.290 e. The van der Waals surface area contributed by atoms with Crippen molar-refractivity contribution in [1.29, 1.82) is 0 Å². The highest BCUT2D eigenvalue weighted by Crippen LogP contribution is 2.25. The Bertz CT molecular complexity index is 1060. The van der Waals surface area contributed by atoms with E-state index in [9.17, 15) is 14.0 Å². The van der Waals surface area contributed by atoms with Crippen LogP contribution in [0.5, 0.6) is 0 Å². The zero-order valence-electron chi connectivity index (χ0n) is 16.2. The van der Waals surface area contributed by atoms with Gasteiger partial charge in [-0.3, -0.25) is 9.59 Å². The Morgan fingerprint density at radius 3 is 2.70 bits per heavy atom. The molecule has 2 bridgehead atoms. The molecule has 7 nitrogen and oxygen atoms in total. The molecule has 2 aromatic heterocycles. The Balaban J connectivity index is 1.41. The molecule has 2 atom stereocenters. The van der Waals surface area contributed by atoms with E-state index in [0.29, 0.717) is 38.4 Å². The third kappa shape index (κ3) is 3.43. The summed E-state index contributed by atoms with van der Waals surface area (Å²) in [4.78, 5) is 33.6. The summed E-state index contributed by atoms with van der Waals surface area (Å²) in [5, 5.41) is 0.870. The topological polar surface area (TPSA) is 75.9 Å². The van der Waals surface area contributed by atoms with Crippen LogP contribution in [0.15, 0.2) is 53.1 Å². The Morgan fingerprint density at radius 2 is 1.90 bits per heavy atom. The number of fused-ring (bicyclic) bond motifs is 4. The summed E-state index contributed by atoms with van der Waals surface area (Å²) >= 11 is 0. The Morgan fingerprint density at radius 1 is 1.03 bits per heavy atom. The van der Waals surface area contributed by atoms with Gasteiger partial charge in [0.2, 0.25) is 0 Å². The molecule has 2 amide bonds. The van der Waals surface area contributed by atoms with E-state index in [1.807, 2.05) is 24.3 Å². The maximum atomic E-state index is 13.3. The minimum Gasteiger partial charge on any atom is -0.451 e. The summed E-state index contributed by atoms with van der Waals surface area (Å²) < 4.78 is 24.7. The largest absolute Gasteiger partial charge is 0.451 e. The van der Waals surface area contributed by atoms with Crippen molar-refractivity contribution in [3.63, 3.8) is 0 Å². The van der Waals surface area contributed by atoms with Crippen molar-refractivity contribution in [2.75, 3.05) is 32.8 Å². The monoisotopic (exact) mass is 409 g/mol. The van der Waals surface area contributed by atoms with Gasteiger partial charge >= 0.3 is 0 Å². The van der Waals surface area contributed by atoms with Gasteiger partial charge in [0.05, 0.1) is 25.5 Å². The van der Waals surface area contributed by atoms with Crippen LogP contribution in [0.3, 0.4) is 0 Å². The summed E-state index contributed by atoms with van der Waals surface area (Å²) in [6, 6.07) is 11.5. The zero-order valence-corrected chi connectivity index (χ0v) is 16.2. The highest BCUT2D eigenvalue weighted by atomic mass is 19.1. The summed E-state index contributed by atoms with van der Waals surface area (Å²) in [6.07, 6.45) is 1.03. The normalized spacial score (nSPS) is 21.5. The predicted octanol–water partition coefficient (Wildman–Crippen LogP) is 2.58. The molecule has 2 aliphatic heterocycles. The molecule has 0 spiro atoms. The highest BCUT2D eigenvalue weighted by molar-refractivity contribution is 5.96. The van der Waals surface area contributed by atoms with E-state index < -0.39 is 5.82 Å². The predicted molar refractivity (Wildman–Crippen MR) is 105 cm³/mol. The standard InChI is InChI=1S/C22H20FN3O4/c23-16-5-6-18(24-8-16)21(27)25-9-14-10-26(17(11-25)13-29-12-14)22(28)20-7-15-3-1-2-4-19(15)30-20/h1-8,14,17H,9-13H2/t14-,17-/m0/s1. The van der Waals surface area contributed by atoms with E-state index >= 15 is 0 Å². The van der Waals surface area contributed by atoms with Crippen molar-refractivity contribution >= 4 is 22.8 Å². The fourth-order valence-corrected chi connectivity index (χ4v) is 4.15. The molecular weight excluding hydrogens is 389 g/mol. The lowest BCUT2D eigenvalue weighted by molar-refractivity contribution is 0.0370. The number of hydrogen-bond donors (Lipinski definition) is 0. The number of furan rings is 1. The van der Waals surface area contributed by atoms with E-state index in [4.69, 9.17) is 9.15 Å². The van der Waals surface area contributed by atoms with E-state index in [1.54, 1.807) is 15.9 Å². The van der Waals surface area contributed by atoms with Gasteiger partial charge in [0, 0.05) is 30.9 Å². The minimum atomic E-state index is -0.490. The van der Waals surface area contributed by atoms with Gasteiger partial charge in [-0.1, -0.05) is 18.2 Å². The second kappa shape index (κ2) is 7.53. The first-order chi connectivity index (χ1) is 14.6. The third-order valence-electron chi connectivity index (χ3n) is 5.60. The lowest BCUT2D eigenvalue weighted by atomic mass is 10.1. The molecule has 1 aromatic carbocycles. The number of benzene rings is 1. The van der Waals surface area contributed by atoms with Gasteiger partial charge in [0.15, 0.2) is 5.76 Å². The number of pyridine rings is 1. The molecule has 0 N–H and O–H groups in total. The Kier molecular flexibility index (Phi) is 4.71. The number of amides is 2. The van der Waals surface area contributed by atoms with Crippen LogP contribution in [0.1, 0.15) is 21.0 Å². The fourth-order valence-electron chi connectivity index (χ4n) is 4.15. The number of halogens is 1. The van der Waals surface area contributed by atoms with Crippen molar-refractivity contribution in [3.05, 3.63) is 65.9 Å². The first kappa shape index (κ1) is 18.7. The van der Waals surface area contributed by atoms with Crippen molar-refractivity contribution in [2.24, 2.45) is 5.92 Å². The highest BCUT2D eigenvalue weighted by Gasteiger charge is 2.38. The number of aromatic nitrogens is 1. The molecular formula is C22H20FN3O4. The van der Waals surface area contributed by atoms with E-state index in [-0.39, 0.29) is 35.2 Å². The fraction of sp³-hybridized carbons (Fsp3) is 0.318. The number of rotatable bonds is 2.